The molecular formula is C19H17N3O3S2. The zero-order valence-electron chi connectivity index (χ0n) is 14.7. The minimum absolute atomic E-state index is 0.0718. The largest absolute Gasteiger partial charge is 0.454 e. The van der Waals surface area contributed by atoms with Crippen LogP contribution in [-0.4, -0.2) is 27.9 Å². The SMILES string of the molecule is C[C@@H](Sc1ncnc2sc3c(c12)CCC3)C(=O)Nc1ccc2c(c1)OCO2. The maximum atomic E-state index is 12.7. The summed E-state index contributed by atoms with van der Waals surface area (Å²) >= 11 is 3.24. The second-order valence-corrected chi connectivity index (χ2v) is 8.95. The van der Waals surface area contributed by atoms with E-state index in [1.165, 1.54) is 28.6 Å². The molecule has 0 fully saturated rings. The quantitative estimate of drug-likeness (QED) is 0.527. The van der Waals surface area contributed by atoms with Crippen molar-refractivity contribution in [2.75, 3.05) is 12.1 Å². The number of aromatic nitrogens is 2. The lowest BCUT2D eigenvalue weighted by Crippen LogP contribution is -2.22. The molecule has 0 spiro atoms. The molecule has 0 saturated heterocycles. The highest BCUT2D eigenvalue weighted by molar-refractivity contribution is 8.00. The van der Waals surface area contributed by atoms with E-state index in [0.717, 1.165) is 28.1 Å². The average molecular weight is 399 g/mol. The molecule has 138 valence electrons. The Bertz CT molecular complexity index is 1050. The number of thioether (sulfide) groups is 1. The number of rotatable bonds is 4. The minimum atomic E-state index is -0.287. The number of nitrogens with zero attached hydrogens (tertiary/aromatic N) is 2. The van der Waals surface area contributed by atoms with E-state index in [9.17, 15) is 4.79 Å². The van der Waals surface area contributed by atoms with Crippen molar-refractivity contribution in [1.82, 2.24) is 9.97 Å². The van der Waals surface area contributed by atoms with Crippen LogP contribution in [0.3, 0.4) is 0 Å². The Morgan fingerprint density at radius 3 is 3.07 bits per heavy atom. The molecule has 1 aromatic carbocycles. The summed E-state index contributed by atoms with van der Waals surface area (Å²) in [4.78, 5) is 24.0. The van der Waals surface area contributed by atoms with Gasteiger partial charge in [-0.05, 0) is 43.9 Å². The molecule has 1 aliphatic carbocycles. The van der Waals surface area contributed by atoms with E-state index in [1.807, 2.05) is 13.0 Å². The molecule has 0 saturated carbocycles. The zero-order valence-corrected chi connectivity index (χ0v) is 16.3. The third-order valence-corrected chi connectivity index (χ3v) is 7.06. The fourth-order valence-electron chi connectivity index (χ4n) is 3.43. The molecule has 1 N–H and O–H groups in total. The number of hydrogen-bond acceptors (Lipinski definition) is 7. The molecule has 3 aromatic rings. The number of amides is 1. The fraction of sp³-hybridized carbons (Fsp3) is 0.316. The first-order chi connectivity index (χ1) is 13.2. The summed E-state index contributed by atoms with van der Waals surface area (Å²) in [5.74, 6) is 1.28. The molecule has 2 aromatic heterocycles. The van der Waals surface area contributed by atoms with Crippen LogP contribution in [0.5, 0.6) is 11.5 Å². The molecule has 5 rings (SSSR count). The lowest BCUT2D eigenvalue weighted by atomic mass is 10.2. The number of hydrogen-bond donors (Lipinski definition) is 1. The highest BCUT2D eigenvalue weighted by atomic mass is 32.2. The normalized spacial score (nSPS) is 15.7. The number of carbonyl (C=O) groups is 1. The molecule has 0 radical (unpaired) electrons. The van der Waals surface area contributed by atoms with Crippen molar-refractivity contribution in [3.05, 3.63) is 35.0 Å². The van der Waals surface area contributed by atoms with Gasteiger partial charge in [0.15, 0.2) is 11.5 Å². The molecule has 27 heavy (non-hydrogen) atoms. The molecule has 8 heteroatoms. The third-order valence-electron chi connectivity index (χ3n) is 4.76. The first-order valence-electron chi connectivity index (χ1n) is 8.81. The van der Waals surface area contributed by atoms with Crippen molar-refractivity contribution in [2.24, 2.45) is 0 Å². The topological polar surface area (TPSA) is 73.3 Å². The van der Waals surface area contributed by atoms with E-state index in [0.29, 0.717) is 17.2 Å². The summed E-state index contributed by atoms with van der Waals surface area (Å²) in [6.45, 7) is 2.11. The summed E-state index contributed by atoms with van der Waals surface area (Å²) in [7, 11) is 0. The monoisotopic (exact) mass is 399 g/mol. The Hall–Kier alpha value is -2.32. The molecule has 3 heterocycles. The van der Waals surface area contributed by atoms with Crippen LogP contribution >= 0.6 is 23.1 Å². The highest BCUT2D eigenvalue weighted by Gasteiger charge is 2.24. The Balaban J connectivity index is 1.35. The second-order valence-electron chi connectivity index (χ2n) is 6.53. The van der Waals surface area contributed by atoms with Gasteiger partial charge in [0.05, 0.1) is 5.25 Å². The summed E-state index contributed by atoms with van der Waals surface area (Å²) < 4.78 is 10.7. The number of aryl methyl sites for hydroxylation is 2. The number of nitrogens with one attached hydrogen (secondary N) is 1. The van der Waals surface area contributed by atoms with Crippen molar-refractivity contribution in [2.45, 2.75) is 36.5 Å². The zero-order chi connectivity index (χ0) is 18.4. The Kier molecular flexibility index (Phi) is 4.17. The molecule has 1 amide bonds. The fourth-order valence-corrected chi connectivity index (χ4v) is 5.67. The number of carbonyl (C=O) groups excluding carboxylic acids is 1. The predicted octanol–water partition coefficient (Wildman–Crippen LogP) is 4.03. The third kappa shape index (κ3) is 3.02. The number of benzene rings is 1. The van der Waals surface area contributed by atoms with Gasteiger partial charge in [-0.1, -0.05) is 11.8 Å². The van der Waals surface area contributed by atoms with Gasteiger partial charge in [-0.25, -0.2) is 9.97 Å². The number of ether oxygens (including phenoxy) is 2. The summed E-state index contributed by atoms with van der Waals surface area (Å²) in [5.41, 5.74) is 2.07. The van der Waals surface area contributed by atoms with Gasteiger partial charge in [-0.15, -0.1) is 11.3 Å². The van der Waals surface area contributed by atoms with Crippen LogP contribution < -0.4 is 14.8 Å². The van der Waals surface area contributed by atoms with Crippen LogP contribution in [0.1, 0.15) is 23.8 Å². The van der Waals surface area contributed by atoms with E-state index < -0.39 is 0 Å². The predicted molar refractivity (Wildman–Crippen MR) is 106 cm³/mol. The number of fused-ring (bicyclic) bond motifs is 4. The standard InChI is InChI=1S/C19H17N3O3S2/c1-10(17(23)22-11-5-6-13-14(7-11)25-9-24-13)26-18-16-12-3-2-4-15(12)27-19(16)21-8-20-18/h5-8,10H,2-4,9H2,1H3,(H,22,23)/t10-/m1/s1. The Morgan fingerprint density at radius 1 is 1.26 bits per heavy atom. The smallest absolute Gasteiger partial charge is 0.237 e. The minimum Gasteiger partial charge on any atom is -0.454 e. The van der Waals surface area contributed by atoms with E-state index in [4.69, 9.17) is 9.47 Å². The van der Waals surface area contributed by atoms with Crippen LogP contribution in [0.25, 0.3) is 10.2 Å². The van der Waals surface area contributed by atoms with Gasteiger partial charge in [0.1, 0.15) is 16.2 Å². The molecule has 0 unspecified atom stereocenters. The molecule has 1 atom stereocenters. The Labute approximate surface area is 164 Å². The van der Waals surface area contributed by atoms with E-state index in [1.54, 1.807) is 29.8 Å². The van der Waals surface area contributed by atoms with Crippen molar-refractivity contribution in [3.8, 4) is 11.5 Å². The van der Waals surface area contributed by atoms with Gasteiger partial charge >= 0.3 is 0 Å². The summed E-state index contributed by atoms with van der Waals surface area (Å²) in [5, 5.41) is 4.70. The van der Waals surface area contributed by atoms with Crippen LogP contribution in [0, 0.1) is 0 Å². The van der Waals surface area contributed by atoms with Crippen molar-refractivity contribution >= 4 is 44.9 Å². The average Bonchev–Trinajstić information content (AvgIpc) is 3.36. The van der Waals surface area contributed by atoms with Crippen LogP contribution in [0.2, 0.25) is 0 Å². The molecule has 6 nitrogen and oxygen atoms in total. The maximum Gasteiger partial charge on any atom is 0.237 e. The van der Waals surface area contributed by atoms with Gasteiger partial charge in [0, 0.05) is 22.0 Å². The van der Waals surface area contributed by atoms with E-state index in [-0.39, 0.29) is 18.0 Å². The molecular weight excluding hydrogens is 382 g/mol. The van der Waals surface area contributed by atoms with Crippen LogP contribution in [0.4, 0.5) is 5.69 Å². The highest BCUT2D eigenvalue weighted by Crippen LogP contribution is 2.41. The number of anilines is 1. The van der Waals surface area contributed by atoms with E-state index in [2.05, 4.69) is 15.3 Å². The van der Waals surface area contributed by atoms with Gasteiger partial charge in [-0.3, -0.25) is 4.79 Å². The molecule has 0 bridgehead atoms. The molecule has 1 aliphatic heterocycles. The molecule has 2 aliphatic rings. The Morgan fingerprint density at radius 2 is 2.15 bits per heavy atom. The van der Waals surface area contributed by atoms with Gasteiger partial charge < -0.3 is 14.8 Å². The van der Waals surface area contributed by atoms with Crippen molar-refractivity contribution < 1.29 is 14.3 Å². The van der Waals surface area contributed by atoms with Crippen molar-refractivity contribution in [1.29, 1.82) is 0 Å². The summed E-state index contributed by atoms with van der Waals surface area (Å²) in [6, 6.07) is 5.40. The van der Waals surface area contributed by atoms with Gasteiger partial charge in [0.2, 0.25) is 12.7 Å². The summed E-state index contributed by atoms with van der Waals surface area (Å²) in [6.07, 6.45) is 4.99. The van der Waals surface area contributed by atoms with Gasteiger partial charge in [0.25, 0.3) is 0 Å². The van der Waals surface area contributed by atoms with Crippen LogP contribution in [-0.2, 0) is 17.6 Å². The number of thiophene rings is 1. The van der Waals surface area contributed by atoms with Crippen molar-refractivity contribution in [3.63, 3.8) is 0 Å². The first kappa shape index (κ1) is 16.8. The second kappa shape index (κ2) is 6.69. The lowest BCUT2D eigenvalue weighted by molar-refractivity contribution is -0.115. The maximum absolute atomic E-state index is 12.7. The first-order valence-corrected chi connectivity index (χ1v) is 10.5. The van der Waals surface area contributed by atoms with Gasteiger partial charge in [-0.2, -0.15) is 0 Å². The van der Waals surface area contributed by atoms with Crippen LogP contribution in [0.15, 0.2) is 29.6 Å². The van der Waals surface area contributed by atoms with E-state index >= 15 is 0 Å². The lowest BCUT2D eigenvalue weighted by Gasteiger charge is -2.12.